The van der Waals surface area contributed by atoms with E-state index in [4.69, 9.17) is 0 Å². The van der Waals surface area contributed by atoms with E-state index in [0.29, 0.717) is 6.42 Å². The zero-order chi connectivity index (χ0) is 10.7. The molecule has 0 aliphatic carbocycles. The van der Waals surface area contributed by atoms with E-state index in [2.05, 4.69) is 21.8 Å². The van der Waals surface area contributed by atoms with Crippen molar-refractivity contribution in [3.8, 4) is 0 Å². The lowest BCUT2D eigenvalue weighted by Gasteiger charge is -2.10. The average Bonchev–Trinajstić information content (AvgIpc) is 2.88. The monoisotopic (exact) mass is 222 g/mol. The van der Waals surface area contributed by atoms with Gasteiger partial charge in [-0.05, 0) is 28.8 Å². The molecule has 15 heavy (non-hydrogen) atoms. The molecule has 4 heteroatoms. The third kappa shape index (κ3) is 2.27. The van der Waals surface area contributed by atoms with Crippen LogP contribution in [0.15, 0.2) is 29.2 Å². The second kappa shape index (κ2) is 4.59. The van der Waals surface area contributed by atoms with Gasteiger partial charge < -0.3 is 9.67 Å². The summed E-state index contributed by atoms with van der Waals surface area (Å²) < 4.78 is 2.00. The Hall–Kier alpha value is -1.13. The first-order valence-corrected chi connectivity index (χ1v) is 5.95. The summed E-state index contributed by atoms with van der Waals surface area (Å²) >= 11 is 1.69. The standard InChI is InChI=1S/C11H14N2OS/c1-2-10(14)11-12-4-5-13(11)7-9-3-6-15-8-9/h3-6,8,10,14H,2,7H2,1H3/t10-/m1/s1. The minimum atomic E-state index is -0.460. The Morgan fingerprint density at radius 3 is 3.13 bits per heavy atom. The highest BCUT2D eigenvalue weighted by Crippen LogP contribution is 2.16. The van der Waals surface area contributed by atoms with Crippen LogP contribution in [0.4, 0.5) is 0 Å². The summed E-state index contributed by atoms with van der Waals surface area (Å²) in [7, 11) is 0. The summed E-state index contributed by atoms with van der Waals surface area (Å²) in [6.07, 6.45) is 3.88. The zero-order valence-electron chi connectivity index (χ0n) is 8.63. The largest absolute Gasteiger partial charge is 0.385 e. The first-order valence-electron chi connectivity index (χ1n) is 5.01. The third-order valence-corrected chi connectivity index (χ3v) is 3.10. The van der Waals surface area contributed by atoms with Crippen LogP contribution in [-0.4, -0.2) is 14.7 Å². The van der Waals surface area contributed by atoms with Gasteiger partial charge in [0.1, 0.15) is 11.9 Å². The number of nitrogens with zero attached hydrogens (tertiary/aromatic N) is 2. The molecule has 2 heterocycles. The van der Waals surface area contributed by atoms with Crippen molar-refractivity contribution in [2.45, 2.75) is 26.0 Å². The van der Waals surface area contributed by atoms with Crippen molar-refractivity contribution in [1.82, 2.24) is 9.55 Å². The SMILES string of the molecule is CC[C@@H](O)c1nccn1Cc1ccsc1. The van der Waals surface area contributed by atoms with Crippen molar-refractivity contribution in [1.29, 1.82) is 0 Å². The molecular formula is C11H14N2OS. The van der Waals surface area contributed by atoms with Crippen LogP contribution in [0.3, 0.4) is 0 Å². The van der Waals surface area contributed by atoms with Gasteiger partial charge in [-0.2, -0.15) is 11.3 Å². The molecule has 0 spiro atoms. The summed E-state index contributed by atoms with van der Waals surface area (Å²) in [6.45, 7) is 2.74. The van der Waals surface area contributed by atoms with Gasteiger partial charge in [-0.25, -0.2) is 4.98 Å². The molecule has 0 fully saturated rings. The van der Waals surface area contributed by atoms with Crippen LogP contribution in [-0.2, 0) is 6.54 Å². The fraction of sp³-hybridized carbons (Fsp3) is 0.364. The van der Waals surface area contributed by atoms with Gasteiger partial charge in [-0.1, -0.05) is 6.92 Å². The molecule has 0 aliphatic rings. The van der Waals surface area contributed by atoms with Crippen LogP contribution in [0.5, 0.6) is 0 Å². The minimum Gasteiger partial charge on any atom is -0.385 e. The number of aliphatic hydroxyl groups is 1. The van der Waals surface area contributed by atoms with Gasteiger partial charge in [0.25, 0.3) is 0 Å². The van der Waals surface area contributed by atoms with Crippen molar-refractivity contribution in [2.75, 3.05) is 0 Å². The van der Waals surface area contributed by atoms with Crippen molar-refractivity contribution in [2.24, 2.45) is 0 Å². The van der Waals surface area contributed by atoms with Crippen LogP contribution < -0.4 is 0 Å². The van der Waals surface area contributed by atoms with E-state index < -0.39 is 6.10 Å². The number of hydrogen-bond donors (Lipinski definition) is 1. The number of thiophene rings is 1. The number of imidazole rings is 1. The highest BCUT2D eigenvalue weighted by atomic mass is 32.1. The van der Waals surface area contributed by atoms with Crippen LogP contribution in [0.25, 0.3) is 0 Å². The molecule has 0 saturated heterocycles. The maximum absolute atomic E-state index is 9.75. The molecule has 80 valence electrons. The number of aromatic nitrogens is 2. The van der Waals surface area contributed by atoms with Gasteiger partial charge in [0.15, 0.2) is 0 Å². The van der Waals surface area contributed by atoms with E-state index >= 15 is 0 Å². The molecule has 0 aliphatic heterocycles. The van der Waals surface area contributed by atoms with Crippen LogP contribution in [0.2, 0.25) is 0 Å². The number of rotatable bonds is 4. The normalized spacial score (nSPS) is 12.9. The van der Waals surface area contributed by atoms with Gasteiger partial charge in [-0.3, -0.25) is 0 Å². The van der Waals surface area contributed by atoms with Crippen LogP contribution in [0, 0.1) is 0 Å². The van der Waals surface area contributed by atoms with E-state index in [-0.39, 0.29) is 0 Å². The Bertz CT molecular complexity index is 408. The molecule has 0 bridgehead atoms. The first-order chi connectivity index (χ1) is 7.31. The predicted molar refractivity (Wildman–Crippen MR) is 60.9 cm³/mol. The Morgan fingerprint density at radius 2 is 2.47 bits per heavy atom. The molecule has 0 radical (unpaired) electrons. The van der Waals surface area contributed by atoms with Crippen molar-refractivity contribution in [3.05, 3.63) is 40.6 Å². The average molecular weight is 222 g/mol. The van der Waals surface area contributed by atoms with E-state index in [1.165, 1.54) is 5.56 Å². The van der Waals surface area contributed by atoms with Gasteiger partial charge >= 0.3 is 0 Å². The van der Waals surface area contributed by atoms with Gasteiger partial charge in [0, 0.05) is 18.9 Å². The summed E-state index contributed by atoms with van der Waals surface area (Å²) in [4.78, 5) is 4.18. The topological polar surface area (TPSA) is 38.1 Å². The summed E-state index contributed by atoms with van der Waals surface area (Å²) in [5, 5.41) is 13.9. The molecule has 2 rings (SSSR count). The highest BCUT2D eigenvalue weighted by Gasteiger charge is 2.11. The highest BCUT2D eigenvalue weighted by molar-refractivity contribution is 7.07. The zero-order valence-corrected chi connectivity index (χ0v) is 9.44. The predicted octanol–water partition coefficient (Wildman–Crippen LogP) is 2.44. The molecule has 2 aromatic heterocycles. The molecule has 1 atom stereocenters. The second-order valence-corrected chi connectivity index (χ2v) is 4.25. The van der Waals surface area contributed by atoms with E-state index in [1.54, 1.807) is 17.5 Å². The minimum absolute atomic E-state index is 0.460. The van der Waals surface area contributed by atoms with Crippen LogP contribution in [0.1, 0.15) is 30.8 Å². The Labute approximate surface area is 93.0 Å². The lowest BCUT2D eigenvalue weighted by Crippen LogP contribution is -2.08. The molecule has 0 amide bonds. The first kappa shape index (κ1) is 10.4. The third-order valence-electron chi connectivity index (χ3n) is 2.37. The second-order valence-electron chi connectivity index (χ2n) is 3.47. The quantitative estimate of drug-likeness (QED) is 0.862. The molecule has 0 unspecified atom stereocenters. The number of aliphatic hydroxyl groups excluding tert-OH is 1. The fourth-order valence-electron chi connectivity index (χ4n) is 1.51. The fourth-order valence-corrected chi connectivity index (χ4v) is 2.17. The molecule has 0 saturated carbocycles. The van der Waals surface area contributed by atoms with Gasteiger partial charge in [0.2, 0.25) is 0 Å². The summed E-state index contributed by atoms with van der Waals surface area (Å²) in [5.41, 5.74) is 1.25. The Morgan fingerprint density at radius 1 is 1.60 bits per heavy atom. The van der Waals surface area contributed by atoms with E-state index in [0.717, 1.165) is 12.4 Å². The number of hydrogen-bond acceptors (Lipinski definition) is 3. The van der Waals surface area contributed by atoms with Crippen molar-refractivity contribution >= 4 is 11.3 Å². The lowest BCUT2D eigenvalue weighted by atomic mass is 10.2. The van der Waals surface area contributed by atoms with Crippen molar-refractivity contribution in [3.63, 3.8) is 0 Å². The summed E-state index contributed by atoms with van der Waals surface area (Å²) in [6, 6.07) is 2.09. The van der Waals surface area contributed by atoms with E-state index in [9.17, 15) is 5.11 Å². The molecular weight excluding hydrogens is 208 g/mol. The lowest BCUT2D eigenvalue weighted by molar-refractivity contribution is 0.159. The Balaban J connectivity index is 2.18. The van der Waals surface area contributed by atoms with Gasteiger partial charge in [-0.15, -0.1) is 0 Å². The molecule has 0 aromatic carbocycles. The molecule has 2 aromatic rings. The maximum atomic E-state index is 9.75. The maximum Gasteiger partial charge on any atom is 0.137 e. The Kier molecular flexibility index (Phi) is 3.18. The van der Waals surface area contributed by atoms with E-state index in [1.807, 2.05) is 17.7 Å². The molecule has 3 nitrogen and oxygen atoms in total. The van der Waals surface area contributed by atoms with Crippen molar-refractivity contribution < 1.29 is 5.11 Å². The smallest absolute Gasteiger partial charge is 0.137 e. The van der Waals surface area contributed by atoms with Gasteiger partial charge in [0.05, 0.1) is 0 Å². The summed E-state index contributed by atoms with van der Waals surface area (Å²) in [5.74, 6) is 0.753. The molecule has 1 N–H and O–H groups in total. The van der Waals surface area contributed by atoms with Crippen LogP contribution >= 0.6 is 11.3 Å².